The number of allylic oxidation sites excluding steroid dienone is 13. The van der Waals surface area contributed by atoms with Crippen molar-refractivity contribution in [3.05, 3.63) is 85.1 Å². The quantitative estimate of drug-likeness (QED) is 0.0128. The second kappa shape index (κ2) is 39.1. The molecule has 344 valence electrons. The van der Waals surface area contributed by atoms with Crippen LogP contribution in [0.15, 0.2) is 85.1 Å². The summed E-state index contributed by atoms with van der Waals surface area (Å²) in [6, 6.07) is 0. The van der Waals surface area contributed by atoms with E-state index in [9.17, 15) is 33.8 Å². The Balaban J connectivity index is 4.68. The van der Waals surface area contributed by atoms with Crippen molar-refractivity contribution in [2.24, 2.45) is 0 Å². The van der Waals surface area contributed by atoms with Crippen LogP contribution >= 0.6 is 15.6 Å². The third kappa shape index (κ3) is 42.0. The highest BCUT2D eigenvalue weighted by Crippen LogP contribution is 2.43. The van der Waals surface area contributed by atoms with E-state index in [2.05, 4.69) is 64.6 Å². The molecule has 0 bridgehead atoms. The molecule has 5 N–H and O–H groups in total. The summed E-state index contributed by atoms with van der Waals surface area (Å²) in [6.07, 6.45) is 41.0. The lowest BCUT2D eigenvalue weighted by Gasteiger charge is -2.20. The molecule has 0 rings (SSSR count). The van der Waals surface area contributed by atoms with E-state index >= 15 is 0 Å². The van der Waals surface area contributed by atoms with Gasteiger partial charge < -0.3 is 34.4 Å². The fourth-order valence-corrected chi connectivity index (χ4v) is 6.17. The first-order valence-corrected chi connectivity index (χ1v) is 24.4. The fourth-order valence-electron chi connectivity index (χ4n) is 5.01. The lowest BCUT2D eigenvalue weighted by Crippen LogP contribution is -2.30. The maximum absolute atomic E-state index is 12.6. The van der Waals surface area contributed by atoms with Crippen LogP contribution in [0.4, 0.5) is 0 Å². The Bertz CT molecular complexity index is 1400. The SMILES string of the molecule is CCCCC/C=C\C/C=C\CCCCCCCC(=O)O[C@H](COC(=O)CCC/C=C\C/C=C\C/C=C\C/C=C\C=C\[C@@H](O)CC)COP(=O)(O)OC[C@@H](O)COP(=O)(O)O. The number of aliphatic hydroxyl groups is 2. The van der Waals surface area contributed by atoms with E-state index in [1.807, 2.05) is 37.3 Å². The summed E-state index contributed by atoms with van der Waals surface area (Å²) in [5.74, 6) is -1.14. The van der Waals surface area contributed by atoms with E-state index in [0.717, 1.165) is 64.2 Å². The average molecular weight is 889 g/mol. The van der Waals surface area contributed by atoms with Crippen molar-refractivity contribution in [3.63, 3.8) is 0 Å². The largest absolute Gasteiger partial charge is 0.472 e. The van der Waals surface area contributed by atoms with Crippen LogP contribution in [0.3, 0.4) is 0 Å². The molecule has 0 saturated carbocycles. The zero-order valence-corrected chi connectivity index (χ0v) is 37.7. The molecule has 0 aromatic carbocycles. The Hall–Kier alpha value is -2.74. The molecule has 14 nitrogen and oxygen atoms in total. The van der Waals surface area contributed by atoms with Crippen molar-refractivity contribution in [2.45, 2.75) is 154 Å². The first-order chi connectivity index (χ1) is 28.8. The number of phosphoric acid groups is 2. The third-order valence-electron chi connectivity index (χ3n) is 8.42. The first-order valence-electron chi connectivity index (χ1n) is 21.4. The molecule has 60 heavy (non-hydrogen) atoms. The molecular formula is C44H74O14P2. The van der Waals surface area contributed by atoms with E-state index < -0.39 is 72.3 Å². The smallest absolute Gasteiger partial charge is 0.462 e. The van der Waals surface area contributed by atoms with Crippen LogP contribution in [-0.2, 0) is 41.8 Å². The third-order valence-corrected chi connectivity index (χ3v) is 9.85. The van der Waals surface area contributed by atoms with Gasteiger partial charge in [0.05, 0.1) is 25.9 Å². The number of rotatable bonds is 39. The molecule has 0 aliphatic rings. The van der Waals surface area contributed by atoms with Crippen LogP contribution in [0.1, 0.15) is 136 Å². The monoisotopic (exact) mass is 888 g/mol. The lowest BCUT2D eigenvalue weighted by molar-refractivity contribution is -0.161. The number of phosphoric ester groups is 2. The van der Waals surface area contributed by atoms with Crippen LogP contribution in [0.2, 0.25) is 0 Å². The number of hydrogen-bond acceptors (Lipinski definition) is 11. The molecular weight excluding hydrogens is 814 g/mol. The van der Waals surface area contributed by atoms with E-state index in [4.69, 9.17) is 23.8 Å². The van der Waals surface area contributed by atoms with Gasteiger partial charge in [-0.2, -0.15) is 0 Å². The van der Waals surface area contributed by atoms with Gasteiger partial charge in [-0.15, -0.1) is 0 Å². The Morgan fingerprint density at radius 1 is 0.550 bits per heavy atom. The van der Waals surface area contributed by atoms with Gasteiger partial charge in [-0.05, 0) is 77.0 Å². The molecule has 0 aliphatic heterocycles. The summed E-state index contributed by atoms with van der Waals surface area (Å²) in [5, 5.41) is 19.2. The van der Waals surface area contributed by atoms with Gasteiger partial charge in [0.2, 0.25) is 0 Å². The van der Waals surface area contributed by atoms with Crippen LogP contribution in [0.5, 0.6) is 0 Å². The molecule has 16 heteroatoms. The minimum Gasteiger partial charge on any atom is -0.462 e. The molecule has 1 unspecified atom stereocenters. The number of carbonyl (C=O) groups excluding carboxylic acids is 2. The first kappa shape index (κ1) is 57.3. The molecule has 4 atom stereocenters. The van der Waals surface area contributed by atoms with Gasteiger partial charge in [-0.3, -0.25) is 23.2 Å². The van der Waals surface area contributed by atoms with Gasteiger partial charge in [0.25, 0.3) is 0 Å². The molecule has 0 aliphatic carbocycles. The Morgan fingerprint density at radius 2 is 1.05 bits per heavy atom. The van der Waals surface area contributed by atoms with Gasteiger partial charge >= 0.3 is 27.6 Å². The summed E-state index contributed by atoms with van der Waals surface area (Å²) in [5.41, 5.74) is 0. The Morgan fingerprint density at radius 3 is 1.65 bits per heavy atom. The average Bonchev–Trinajstić information content (AvgIpc) is 3.21. The summed E-state index contributed by atoms with van der Waals surface area (Å²) in [4.78, 5) is 52.6. The molecule has 0 saturated heterocycles. The molecule has 0 heterocycles. The zero-order chi connectivity index (χ0) is 44.6. The predicted molar refractivity (Wildman–Crippen MR) is 236 cm³/mol. The van der Waals surface area contributed by atoms with Crippen LogP contribution in [-0.4, -0.2) is 81.6 Å². The zero-order valence-electron chi connectivity index (χ0n) is 35.9. The fraction of sp³-hybridized carbons (Fsp3) is 0.636. The van der Waals surface area contributed by atoms with E-state index in [1.165, 1.54) is 19.3 Å². The van der Waals surface area contributed by atoms with Gasteiger partial charge in [-0.1, -0.05) is 131 Å². The van der Waals surface area contributed by atoms with Gasteiger partial charge in [0.15, 0.2) is 6.10 Å². The van der Waals surface area contributed by atoms with E-state index in [-0.39, 0.29) is 12.8 Å². The standard InChI is InChI=1S/C44H74O14P2/c1-3-5-6-7-8-9-10-11-12-17-20-23-26-29-32-35-44(48)58-42(39-57-60(52,53)56-37-41(46)36-55-59(49,50)51)38-54-43(47)34-31-28-25-22-19-16-14-13-15-18-21-24-27-30-33-40(45)4-2/h8-9,11-12,14-16,18,22,24-25,27,30,33,40-42,45-46H,3-7,10,13,17,19-21,23,26,28-29,31-32,34-39H2,1-2H3,(H,52,53)(H2,49,50,51)/b9-8-,12-11-,16-14-,18-15-,25-22-,27-24-,33-30+/t40-,41-,42+/m0/s1. The molecule has 0 spiro atoms. The van der Waals surface area contributed by atoms with Crippen molar-refractivity contribution in [1.82, 2.24) is 0 Å². The highest BCUT2D eigenvalue weighted by molar-refractivity contribution is 7.47. The van der Waals surface area contributed by atoms with Crippen LogP contribution < -0.4 is 0 Å². The molecule has 0 fully saturated rings. The number of aliphatic hydroxyl groups excluding tert-OH is 2. The van der Waals surface area contributed by atoms with E-state index in [0.29, 0.717) is 25.7 Å². The number of unbranched alkanes of at least 4 members (excludes halogenated alkanes) is 9. The second-order valence-corrected chi connectivity index (χ2v) is 16.8. The Labute approximate surface area is 359 Å². The topological polar surface area (TPSA) is 216 Å². The van der Waals surface area contributed by atoms with Crippen LogP contribution in [0.25, 0.3) is 0 Å². The summed E-state index contributed by atoms with van der Waals surface area (Å²) < 4.78 is 47.6. The lowest BCUT2D eigenvalue weighted by atomic mass is 10.1. The summed E-state index contributed by atoms with van der Waals surface area (Å²) >= 11 is 0. The maximum Gasteiger partial charge on any atom is 0.472 e. The summed E-state index contributed by atoms with van der Waals surface area (Å²) in [7, 11) is -9.71. The minimum absolute atomic E-state index is 0.0914. The number of hydrogen-bond donors (Lipinski definition) is 5. The van der Waals surface area contributed by atoms with Gasteiger partial charge in [-0.25, -0.2) is 9.13 Å². The van der Waals surface area contributed by atoms with Crippen molar-refractivity contribution in [1.29, 1.82) is 0 Å². The second-order valence-electron chi connectivity index (χ2n) is 14.1. The highest BCUT2D eigenvalue weighted by atomic mass is 31.2. The van der Waals surface area contributed by atoms with Crippen LogP contribution in [0, 0.1) is 0 Å². The molecule has 0 aromatic rings. The molecule has 0 amide bonds. The van der Waals surface area contributed by atoms with Crippen molar-refractivity contribution in [3.8, 4) is 0 Å². The van der Waals surface area contributed by atoms with Crippen molar-refractivity contribution < 1.29 is 66.7 Å². The molecule has 0 radical (unpaired) electrons. The van der Waals surface area contributed by atoms with Crippen molar-refractivity contribution in [2.75, 3.05) is 26.4 Å². The Kier molecular flexibility index (Phi) is 37.3. The number of ether oxygens (including phenoxy) is 2. The van der Waals surface area contributed by atoms with Crippen molar-refractivity contribution >= 4 is 27.6 Å². The maximum atomic E-state index is 12.6. The number of esters is 2. The predicted octanol–water partition coefficient (Wildman–Crippen LogP) is 9.75. The van der Waals surface area contributed by atoms with Gasteiger partial charge in [0, 0.05) is 12.8 Å². The van der Waals surface area contributed by atoms with Gasteiger partial charge in [0.1, 0.15) is 12.7 Å². The normalized spacial score (nSPS) is 15.4. The van der Waals surface area contributed by atoms with E-state index in [1.54, 1.807) is 6.08 Å². The minimum atomic E-state index is -4.88. The summed E-state index contributed by atoms with van der Waals surface area (Å²) in [6.45, 7) is 1.29. The number of carbonyl (C=O) groups is 2. The highest BCUT2D eigenvalue weighted by Gasteiger charge is 2.28. The molecule has 0 aromatic heterocycles.